The van der Waals surface area contributed by atoms with Crippen molar-refractivity contribution in [2.75, 3.05) is 0 Å². The molecule has 4 atom stereocenters. The minimum atomic E-state index is 0.168. The predicted octanol–water partition coefficient (Wildman–Crippen LogP) is 7.37. The molecule has 2 aliphatic carbocycles. The van der Waals surface area contributed by atoms with Crippen molar-refractivity contribution in [2.45, 2.75) is 81.1 Å². The van der Waals surface area contributed by atoms with Crippen molar-refractivity contribution >= 4 is 17.3 Å². The molecule has 0 aromatic rings. The van der Waals surface area contributed by atoms with E-state index in [4.69, 9.17) is 4.99 Å². The molecule has 0 N–H and O–H groups in total. The average Bonchev–Trinajstić information content (AvgIpc) is 2.81. The minimum Gasteiger partial charge on any atom is -0.289 e. The first-order valence-corrected chi connectivity index (χ1v) is 12.4. The summed E-state index contributed by atoms with van der Waals surface area (Å²) in [5, 5.41) is 0. The molecule has 3 nitrogen and oxygen atoms in total. The Balaban J connectivity index is 2.56. The fourth-order valence-corrected chi connectivity index (χ4v) is 4.00. The standard InChI is InChI=1S/C29H41NO2/c1-9-18(5)24-13-22(14-25(28(24)31)19(6)10-2)17-30-23-15-26(20(7)11-3)29(32)27(16-23)21(8)12-4/h13-21H,9-12H2,1-8H3. The summed E-state index contributed by atoms with van der Waals surface area (Å²) in [6.45, 7) is 16.9. The Bertz CT molecular complexity index is 783. The molecular weight excluding hydrogens is 394 g/mol. The summed E-state index contributed by atoms with van der Waals surface area (Å²) < 4.78 is 0. The minimum absolute atomic E-state index is 0.168. The van der Waals surface area contributed by atoms with Crippen molar-refractivity contribution in [1.82, 2.24) is 0 Å². The highest BCUT2D eigenvalue weighted by Crippen LogP contribution is 2.32. The van der Waals surface area contributed by atoms with Gasteiger partial charge in [-0.1, -0.05) is 55.4 Å². The Kier molecular flexibility index (Phi) is 9.36. The second-order valence-corrected chi connectivity index (χ2v) is 9.48. The number of rotatable bonds is 9. The summed E-state index contributed by atoms with van der Waals surface area (Å²) in [6.07, 6.45) is 13.5. The van der Waals surface area contributed by atoms with E-state index >= 15 is 0 Å². The van der Waals surface area contributed by atoms with E-state index in [1.807, 2.05) is 30.5 Å². The van der Waals surface area contributed by atoms with E-state index in [0.717, 1.165) is 59.3 Å². The second-order valence-electron chi connectivity index (χ2n) is 9.48. The van der Waals surface area contributed by atoms with Crippen molar-refractivity contribution < 1.29 is 9.59 Å². The van der Waals surface area contributed by atoms with Gasteiger partial charge in [0.2, 0.25) is 0 Å². The number of ketones is 2. The molecule has 0 aliphatic heterocycles. The van der Waals surface area contributed by atoms with Crippen LogP contribution >= 0.6 is 0 Å². The maximum absolute atomic E-state index is 13.1. The van der Waals surface area contributed by atoms with Crippen LogP contribution in [0.1, 0.15) is 81.1 Å². The zero-order valence-electron chi connectivity index (χ0n) is 21.3. The van der Waals surface area contributed by atoms with Gasteiger partial charge in [-0.05, 0) is 79.2 Å². The third kappa shape index (κ3) is 5.74. The number of allylic oxidation sites excluding steroid dienone is 9. The molecule has 0 aromatic heterocycles. The molecular formula is C29H41NO2. The largest absolute Gasteiger partial charge is 0.289 e. The molecule has 0 spiro atoms. The Morgan fingerprint density at radius 1 is 0.625 bits per heavy atom. The highest BCUT2D eigenvalue weighted by atomic mass is 16.1. The fourth-order valence-electron chi connectivity index (χ4n) is 4.00. The highest BCUT2D eigenvalue weighted by Gasteiger charge is 2.28. The van der Waals surface area contributed by atoms with Crippen LogP contribution in [-0.4, -0.2) is 17.3 Å². The molecule has 0 bridgehead atoms. The first-order chi connectivity index (χ1) is 15.2. The lowest BCUT2D eigenvalue weighted by atomic mass is 9.80. The number of nitrogens with zero attached hydrogens (tertiary/aromatic N) is 1. The van der Waals surface area contributed by atoms with Crippen LogP contribution in [-0.2, 0) is 9.59 Å². The van der Waals surface area contributed by atoms with Gasteiger partial charge >= 0.3 is 0 Å². The smallest absolute Gasteiger partial charge is 0.185 e. The molecule has 0 aromatic carbocycles. The highest BCUT2D eigenvalue weighted by molar-refractivity contribution is 6.22. The van der Waals surface area contributed by atoms with Crippen LogP contribution in [0.15, 0.2) is 63.4 Å². The Morgan fingerprint density at radius 3 is 1.25 bits per heavy atom. The van der Waals surface area contributed by atoms with Crippen molar-refractivity contribution in [3.63, 3.8) is 0 Å². The molecule has 4 unspecified atom stereocenters. The zero-order valence-corrected chi connectivity index (χ0v) is 21.3. The Hall–Kier alpha value is -2.29. The van der Waals surface area contributed by atoms with Crippen LogP contribution in [0, 0.1) is 23.7 Å². The van der Waals surface area contributed by atoms with Gasteiger partial charge in [0.05, 0.1) is 5.71 Å². The molecule has 174 valence electrons. The third-order valence-corrected chi connectivity index (χ3v) is 7.24. The van der Waals surface area contributed by atoms with Crippen molar-refractivity contribution in [2.24, 2.45) is 28.7 Å². The van der Waals surface area contributed by atoms with Crippen LogP contribution in [0.4, 0.5) is 0 Å². The van der Waals surface area contributed by atoms with Crippen molar-refractivity contribution in [1.29, 1.82) is 0 Å². The number of carbonyl (C=O) groups is 2. The first kappa shape index (κ1) is 26.0. The van der Waals surface area contributed by atoms with Crippen molar-refractivity contribution in [3.8, 4) is 0 Å². The summed E-state index contributed by atoms with van der Waals surface area (Å²) in [5.74, 6) is 1.18. The molecule has 0 saturated carbocycles. The van der Waals surface area contributed by atoms with Gasteiger partial charge in [-0.3, -0.25) is 14.6 Å². The van der Waals surface area contributed by atoms with E-state index in [-0.39, 0.29) is 35.2 Å². The molecule has 0 saturated heterocycles. The van der Waals surface area contributed by atoms with Gasteiger partial charge in [0.15, 0.2) is 11.6 Å². The Labute approximate surface area is 195 Å². The van der Waals surface area contributed by atoms with Gasteiger partial charge in [0.1, 0.15) is 0 Å². The lowest BCUT2D eigenvalue weighted by Gasteiger charge is -2.23. The predicted molar refractivity (Wildman–Crippen MR) is 136 cm³/mol. The lowest BCUT2D eigenvalue weighted by Crippen LogP contribution is -2.22. The van der Waals surface area contributed by atoms with Crippen molar-refractivity contribution in [3.05, 3.63) is 58.4 Å². The molecule has 0 amide bonds. The lowest BCUT2D eigenvalue weighted by molar-refractivity contribution is -0.114. The zero-order chi connectivity index (χ0) is 24.0. The number of Topliss-reactive ketones (excluding diaryl/α,β-unsaturated/α-hetero) is 2. The van der Waals surface area contributed by atoms with Gasteiger partial charge in [0, 0.05) is 28.5 Å². The average molecular weight is 436 g/mol. The third-order valence-electron chi connectivity index (χ3n) is 7.24. The van der Waals surface area contributed by atoms with Gasteiger partial charge in [-0.25, -0.2) is 0 Å². The van der Waals surface area contributed by atoms with E-state index in [2.05, 4.69) is 55.4 Å². The first-order valence-electron chi connectivity index (χ1n) is 12.4. The van der Waals surface area contributed by atoms with E-state index in [0.29, 0.717) is 0 Å². The van der Waals surface area contributed by atoms with Crippen LogP contribution in [0.3, 0.4) is 0 Å². The van der Waals surface area contributed by atoms with Crippen LogP contribution in [0.25, 0.3) is 0 Å². The molecule has 3 heteroatoms. The maximum Gasteiger partial charge on any atom is 0.185 e. The quantitative estimate of drug-likeness (QED) is 0.355. The number of hydrogen-bond donors (Lipinski definition) is 0. The molecule has 32 heavy (non-hydrogen) atoms. The van der Waals surface area contributed by atoms with E-state index < -0.39 is 0 Å². The van der Waals surface area contributed by atoms with Crippen LogP contribution in [0.2, 0.25) is 0 Å². The van der Waals surface area contributed by atoms with Gasteiger partial charge < -0.3 is 0 Å². The normalized spacial score (nSPS) is 20.6. The molecule has 0 radical (unpaired) electrons. The topological polar surface area (TPSA) is 46.5 Å². The molecule has 2 rings (SSSR count). The monoisotopic (exact) mass is 435 g/mol. The van der Waals surface area contributed by atoms with E-state index in [9.17, 15) is 9.59 Å². The van der Waals surface area contributed by atoms with Crippen LogP contribution < -0.4 is 0 Å². The SMILES string of the molecule is CCC(C)C1=CC(=CN=C2C=C(C(C)CC)C(=O)C(C(C)CC)=C2)C=C(C(C)CC)C1=O. The maximum atomic E-state index is 13.1. The van der Waals surface area contributed by atoms with Gasteiger partial charge in [0.25, 0.3) is 0 Å². The second kappa shape index (κ2) is 11.5. The number of carbonyl (C=O) groups excluding carboxylic acids is 2. The van der Waals surface area contributed by atoms with Gasteiger partial charge in [-0.15, -0.1) is 0 Å². The number of hydrogen-bond acceptors (Lipinski definition) is 3. The molecule has 0 heterocycles. The number of aliphatic imine (C=N–C) groups is 1. The summed E-state index contributed by atoms with van der Waals surface area (Å²) in [7, 11) is 0. The van der Waals surface area contributed by atoms with Crippen LogP contribution in [0.5, 0.6) is 0 Å². The summed E-state index contributed by atoms with van der Waals surface area (Å²) in [6, 6.07) is 0. The van der Waals surface area contributed by atoms with E-state index in [1.54, 1.807) is 0 Å². The molecule has 0 fully saturated rings. The van der Waals surface area contributed by atoms with E-state index in [1.165, 1.54) is 0 Å². The van der Waals surface area contributed by atoms with Gasteiger partial charge in [-0.2, -0.15) is 0 Å². The summed E-state index contributed by atoms with van der Waals surface area (Å²) in [4.78, 5) is 30.9. The molecule has 2 aliphatic rings. The Morgan fingerprint density at radius 2 is 0.938 bits per heavy atom. The summed E-state index contributed by atoms with van der Waals surface area (Å²) >= 11 is 0. The summed E-state index contributed by atoms with van der Waals surface area (Å²) in [5.41, 5.74) is 5.23. The fraction of sp³-hybridized carbons (Fsp3) is 0.552.